The number of benzene rings is 1. The topological polar surface area (TPSA) is 101 Å². The van der Waals surface area contributed by atoms with Crippen molar-refractivity contribution < 1.29 is 23.1 Å². The van der Waals surface area contributed by atoms with E-state index in [1.165, 1.54) is 6.08 Å². The van der Waals surface area contributed by atoms with Gasteiger partial charge in [0.1, 0.15) is 6.54 Å². The first-order valence-corrected chi connectivity index (χ1v) is 8.27. The Morgan fingerprint density at radius 3 is 2.36 bits per heavy atom. The maximum atomic E-state index is 11.6. The number of carbonyl (C=O) groups excluding carboxylic acids is 1. The largest absolute Gasteiger partial charge is 0.480 e. The van der Waals surface area contributed by atoms with Gasteiger partial charge in [-0.2, -0.15) is 0 Å². The Morgan fingerprint density at radius 2 is 1.91 bits per heavy atom. The fourth-order valence-electron chi connectivity index (χ4n) is 1.45. The van der Waals surface area contributed by atoms with Gasteiger partial charge in [-0.05, 0) is 18.6 Å². The van der Waals surface area contributed by atoms with Crippen molar-refractivity contribution >= 4 is 21.7 Å². The summed E-state index contributed by atoms with van der Waals surface area (Å²) in [5.74, 6) is -1.26. The standard InChI is InChI=1S/C10H12O2S.C5H9NO3/c1-3-8-13(11,12)10-7-5-4-6-9(10)2;1-2-4(7)6-3-5(8)9/h3-7H,1,8H2,2H3;2-3H2,1H3,(H,6,7)(H,8,9). The van der Waals surface area contributed by atoms with E-state index in [0.717, 1.165) is 5.56 Å². The average molecular weight is 327 g/mol. The van der Waals surface area contributed by atoms with Crippen LogP contribution in [0.1, 0.15) is 18.9 Å². The zero-order valence-electron chi connectivity index (χ0n) is 12.7. The molecule has 0 aliphatic carbocycles. The van der Waals surface area contributed by atoms with Crippen LogP contribution in [0.4, 0.5) is 0 Å². The van der Waals surface area contributed by atoms with Gasteiger partial charge in [0, 0.05) is 6.42 Å². The lowest BCUT2D eigenvalue weighted by atomic mass is 10.2. The van der Waals surface area contributed by atoms with Gasteiger partial charge in [0.05, 0.1) is 10.6 Å². The van der Waals surface area contributed by atoms with Gasteiger partial charge < -0.3 is 10.4 Å². The lowest BCUT2D eigenvalue weighted by molar-refractivity contribution is -0.137. The highest BCUT2D eigenvalue weighted by Crippen LogP contribution is 2.15. The Bertz CT molecular complexity index is 623. The van der Waals surface area contributed by atoms with Gasteiger partial charge in [0.25, 0.3) is 0 Å². The molecule has 0 aromatic heterocycles. The molecule has 0 atom stereocenters. The Morgan fingerprint density at radius 1 is 1.32 bits per heavy atom. The second-order valence-corrected chi connectivity index (χ2v) is 6.36. The summed E-state index contributed by atoms with van der Waals surface area (Å²) in [7, 11) is -3.16. The molecule has 0 heterocycles. The minimum Gasteiger partial charge on any atom is -0.480 e. The number of nitrogens with one attached hydrogen (secondary N) is 1. The van der Waals surface area contributed by atoms with Crippen molar-refractivity contribution in [1.82, 2.24) is 5.32 Å². The smallest absolute Gasteiger partial charge is 0.322 e. The Hall–Kier alpha value is -2.15. The number of sulfone groups is 1. The quantitative estimate of drug-likeness (QED) is 0.772. The van der Waals surface area contributed by atoms with Crippen LogP contribution < -0.4 is 5.32 Å². The first kappa shape index (κ1) is 19.9. The summed E-state index contributed by atoms with van der Waals surface area (Å²) in [6, 6.07) is 6.95. The summed E-state index contributed by atoms with van der Waals surface area (Å²) in [5, 5.41) is 10.2. The summed E-state index contributed by atoms with van der Waals surface area (Å²) in [4.78, 5) is 20.5. The molecule has 0 saturated heterocycles. The minimum absolute atomic E-state index is 0.00213. The third-order valence-corrected chi connectivity index (χ3v) is 4.33. The molecule has 0 aliphatic rings. The number of carbonyl (C=O) groups is 2. The van der Waals surface area contributed by atoms with Gasteiger partial charge in [0.2, 0.25) is 5.91 Å². The summed E-state index contributed by atoms with van der Waals surface area (Å²) >= 11 is 0. The predicted molar refractivity (Wildman–Crippen MR) is 84.4 cm³/mol. The molecule has 1 aromatic rings. The maximum absolute atomic E-state index is 11.6. The molecule has 0 saturated carbocycles. The second kappa shape index (κ2) is 9.73. The van der Waals surface area contributed by atoms with Crippen LogP contribution in [0.3, 0.4) is 0 Å². The number of amides is 1. The van der Waals surface area contributed by atoms with Crippen LogP contribution in [0.5, 0.6) is 0 Å². The first-order valence-electron chi connectivity index (χ1n) is 6.62. The molecule has 1 amide bonds. The van der Waals surface area contributed by atoms with Crippen LogP contribution in [0.15, 0.2) is 41.8 Å². The highest BCUT2D eigenvalue weighted by Gasteiger charge is 2.13. The molecule has 7 heteroatoms. The van der Waals surface area contributed by atoms with Crippen LogP contribution in [-0.4, -0.2) is 37.7 Å². The van der Waals surface area contributed by atoms with Gasteiger partial charge in [0.15, 0.2) is 9.84 Å². The van der Waals surface area contributed by atoms with Crippen molar-refractivity contribution in [1.29, 1.82) is 0 Å². The molecule has 0 aliphatic heterocycles. The fraction of sp³-hybridized carbons (Fsp3) is 0.333. The van der Waals surface area contributed by atoms with Gasteiger partial charge in [-0.3, -0.25) is 9.59 Å². The van der Waals surface area contributed by atoms with Crippen LogP contribution in [0, 0.1) is 6.92 Å². The third kappa shape index (κ3) is 7.58. The lowest BCUT2D eigenvalue weighted by Gasteiger charge is -2.04. The molecule has 122 valence electrons. The van der Waals surface area contributed by atoms with E-state index in [0.29, 0.717) is 11.3 Å². The highest BCUT2D eigenvalue weighted by atomic mass is 32.2. The summed E-state index contributed by atoms with van der Waals surface area (Å²) < 4.78 is 23.2. The van der Waals surface area contributed by atoms with Crippen LogP contribution in [0.2, 0.25) is 0 Å². The number of carboxylic acids is 1. The SMILES string of the molecule is C=CCS(=O)(=O)c1ccccc1C.CCC(=O)NCC(=O)O. The molecule has 0 bridgehead atoms. The Labute approximate surface area is 130 Å². The van der Waals surface area contributed by atoms with Crippen LogP contribution in [-0.2, 0) is 19.4 Å². The number of rotatable bonds is 6. The Kier molecular flexibility index (Phi) is 8.78. The number of aryl methyl sites for hydroxylation is 1. The van der Waals surface area contributed by atoms with Crippen LogP contribution in [0.25, 0.3) is 0 Å². The van der Waals surface area contributed by atoms with E-state index >= 15 is 0 Å². The highest BCUT2D eigenvalue weighted by molar-refractivity contribution is 7.91. The number of hydrogen-bond donors (Lipinski definition) is 2. The number of aliphatic carboxylic acids is 1. The van der Waals surface area contributed by atoms with Crippen molar-refractivity contribution in [2.24, 2.45) is 0 Å². The van der Waals surface area contributed by atoms with Gasteiger partial charge in [-0.25, -0.2) is 8.42 Å². The van der Waals surface area contributed by atoms with E-state index in [9.17, 15) is 18.0 Å². The Balaban J connectivity index is 0.000000433. The van der Waals surface area contributed by atoms with E-state index in [-0.39, 0.29) is 18.2 Å². The molecule has 0 radical (unpaired) electrons. The molecule has 1 aromatic carbocycles. The summed E-state index contributed by atoms with van der Waals surface area (Å²) in [5.41, 5.74) is 0.782. The minimum atomic E-state index is -3.16. The zero-order chi connectivity index (χ0) is 17.2. The number of carboxylic acid groups (broad SMARTS) is 1. The third-order valence-electron chi connectivity index (χ3n) is 2.52. The van der Waals surface area contributed by atoms with E-state index in [2.05, 4.69) is 11.9 Å². The van der Waals surface area contributed by atoms with Crippen molar-refractivity contribution in [2.75, 3.05) is 12.3 Å². The summed E-state index contributed by atoms with van der Waals surface area (Å²) in [6.07, 6.45) is 1.73. The molecule has 1 rings (SSSR count). The van der Waals surface area contributed by atoms with Gasteiger partial charge >= 0.3 is 5.97 Å². The van der Waals surface area contributed by atoms with Crippen molar-refractivity contribution in [3.63, 3.8) is 0 Å². The van der Waals surface area contributed by atoms with E-state index in [4.69, 9.17) is 5.11 Å². The lowest BCUT2D eigenvalue weighted by Crippen LogP contribution is -2.28. The predicted octanol–water partition coefficient (Wildman–Crippen LogP) is 1.55. The van der Waals surface area contributed by atoms with Crippen molar-refractivity contribution in [3.8, 4) is 0 Å². The molecule has 0 fully saturated rings. The van der Waals surface area contributed by atoms with Crippen LogP contribution >= 0.6 is 0 Å². The summed E-state index contributed by atoms with van der Waals surface area (Å²) in [6.45, 7) is 6.59. The van der Waals surface area contributed by atoms with Crippen molar-refractivity contribution in [3.05, 3.63) is 42.5 Å². The van der Waals surface area contributed by atoms with Gasteiger partial charge in [-0.15, -0.1) is 6.58 Å². The van der Waals surface area contributed by atoms with E-state index in [1.807, 2.05) is 6.07 Å². The molecule has 6 nitrogen and oxygen atoms in total. The fourth-order valence-corrected chi connectivity index (χ4v) is 2.78. The molecular formula is C15H21NO5S. The average Bonchev–Trinajstić information content (AvgIpc) is 2.45. The number of hydrogen-bond acceptors (Lipinski definition) is 4. The first-order chi connectivity index (χ1) is 10.2. The van der Waals surface area contributed by atoms with E-state index in [1.54, 1.807) is 32.0 Å². The van der Waals surface area contributed by atoms with Crippen molar-refractivity contribution in [2.45, 2.75) is 25.2 Å². The monoisotopic (exact) mass is 327 g/mol. The molecule has 22 heavy (non-hydrogen) atoms. The normalized spacial score (nSPS) is 10.1. The maximum Gasteiger partial charge on any atom is 0.322 e. The second-order valence-electron chi connectivity index (χ2n) is 4.36. The molecule has 2 N–H and O–H groups in total. The molecular weight excluding hydrogens is 306 g/mol. The molecule has 0 unspecified atom stereocenters. The van der Waals surface area contributed by atoms with E-state index < -0.39 is 15.8 Å². The van der Waals surface area contributed by atoms with Gasteiger partial charge in [-0.1, -0.05) is 31.2 Å². The molecule has 0 spiro atoms. The zero-order valence-corrected chi connectivity index (χ0v) is 13.5.